The van der Waals surface area contributed by atoms with Gasteiger partial charge in [0, 0.05) is 12.1 Å². The van der Waals surface area contributed by atoms with Crippen LogP contribution in [0.5, 0.6) is 0 Å². The molecule has 1 heterocycles. The number of hydrogen-bond acceptors (Lipinski definition) is 2. The largest absolute Gasteiger partial charge is 0.471 e. The Morgan fingerprint density at radius 2 is 1.65 bits per heavy atom. The van der Waals surface area contributed by atoms with Gasteiger partial charge in [0.05, 0.1) is 0 Å². The van der Waals surface area contributed by atoms with Gasteiger partial charge in [0.25, 0.3) is 0 Å². The summed E-state index contributed by atoms with van der Waals surface area (Å²) in [5, 5.41) is 1.37. The molecule has 7 heteroatoms. The molecule has 0 spiro atoms. The summed E-state index contributed by atoms with van der Waals surface area (Å²) in [6.45, 7) is 3.51. The molecule has 1 rings (SSSR count). The highest BCUT2D eigenvalue weighted by Crippen LogP contribution is 2.23. The summed E-state index contributed by atoms with van der Waals surface area (Å²) in [7, 11) is 0. The predicted octanol–water partition coefficient (Wildman–Crippen LogP) is 2.05. The zero-order valence-electron chi connectivity index (χ0n) is 9.67. The van der Waals surface area contributed by atoms with E-state index in [0.717, 1.165) is 19.3 Å². The average Bonchev–Trinajstić information content (AvgIpc) is 2.15. The van der Waals surface area contributed by atoms with Gasteiger partial charge >= 0.3 is 18.1 Å². The molecule has 0 aromatic heterocycles. The first kappa shape index (κ1) is 13.8. The minimum atomic E-state index is -5.03. The van der Waals surface area contributed by atoms with Crippen molar-refractivity contribution in [1.82, 2.24) is 10.2 Å². The van der Waals surface area contributed by atoms with Crippen molar-refractivity contribution < 1.29 is 22.8 Å². The molecule has 1 saturated heterocycles. The van der Waals surface area contributed by atoms with Crippen LogP contribution >= 0.6 is 0 Å². The summed E-state index contributed by atoms with van der Waals surface area (Å²) in [5.41, 5.74) is 0. The topological polar surface area (TPSA) is 49.4 Å². The molecule has 98 valence electrons. The second-order valence-electron chi connectivity index (χ2n) is 4.29. The maximum Gasteiger partial charge on any atom is 0.471 e. The summed E-state index contributed by atoms with van der Waals surface area (Å²) in [4.78, 5) is 23.5. The van der Waals surface area contributed by atoms with Crippen molar-refractivity contribution in [3.63, 3.8) is 0 Å². The summed E-state index contributed by atoms with van der Waals surface area (Å²) in [5.74, 6) is -2.22. The summed E-state index contributed by atoms with van der Waals surface area (Å²) in [6.07, 6.45) is -2.63. The van der Waals surface area contributed by atoms with E-state index < -0.39 is 18.1 Å². The van der Waals surface area contributed by atoms with Crippen LogP contribution in [0.4, 0.5) is 18.0 Å². The van der Waals surface area contributed by atoms with E-state index in [-0.39, 0.29) is 12.1 Å². The molecular formula is C10H15F3N2O2. The van der Waals surface area contributed by atoms with E-state index in [1.54, 1.807) is 13.8 Å². The van der Waals surface area contributed by atoms with Crippen molar-refractivity contribution in [2.45, 2.75) is 51.4 Å². The summed E-state index contributed by atoms with van der Waals surface area (Å²) < 4.78 is 36.0. The molecule has 3 amide bonds. The normalized spacial score (nSPS) is 25.6. The number of amides is 3. The predicted molar refractivity (Wildman–Crippen MR) is 54.2 cm³/mol. The third-order valence-electron chi connectivity index (χ3n) is 2.91. The van der Waals surface area contributed by atoms with Gasteiger partial charge in [-0.2, -0.15) is 13.2 Å². The molecule has 0 aromatic rings. The molecule has 0 bridgehead atoms. The molecule has 0 aliphatic carbocycles. The maximum atomic E-state index is 12.0. The fraction of sp³-hybridized carbons (Fsp3) is 0.800. The van der Waals surface area contributed by atoms with Crippen LogP contribution < -0.4 is 5.32 Å². The number of urea groups is 1. The van der Waals surface area contributed by atoms with E-state index in [2.05, 4.69) is 0 Å². The minimum absolute atomic E-state index is 0.153. The first-order valence-corrected chi connectivity index (χ1v) is 5.44. The molecule has 1 aliphatic heterocycles. The molecule has 1 N–H and O–H groups in total. The average molecular weight is 252 g/mol. The number of likely N-dealkylation sites (tertiary alicyclic amines) is 1. The molecule has 17 heavy (non-hydrogen) atoms. The van der Waals surface area contributed by atoms with Gasteiger partial charge in [-0.25, -0.2) is 4.79 Å². The lowest BCUT2D eigenvalue weighted by Crippen LogP contribution is -2.55. The second kappa shape index (κ2) is 4.93. The molecule has 4 nitrogen and oxygen atoms in total. The fourth-order valence-corrected chi connectivity index (χ4v) is 2.05. The fourth-order valence-electron chi connectivity index (χ4n) is 2.05. The van der Waals surface area contributed by atoms with Crippen molar-refractivity contribution in [2.75, 3.05) is 0 Å². The van der Waals surface area contributed by atoms with E-state index in [1.807, 2.05) is 0 Å². The van der Waals surface area contributed by atoms with Gasteiger partial charge in [-0.05, 0) is 33.1 Å². The van der Waals surface area contributed by atoms with Gasteiger partial charge in [0.15, 0.2) is 0 Å². The van der Waals surface area contributed by atoms with E-state index >= 15 is 0 Å². The third kappa shape index (κ3) is 3.34. The number of halogens is 3. The Hall–Kier alpha value is -1.27. The number of imide groups is 1. The molecule has 0 saturated carbocycles. The van der Waals surface area contributed by atoms with Gasteiger partial charge in [0.1, 0.15) is 0 Å². The lowest BCUT2D eigenvalue weighted by atomic mass is 9.98. The van der Waals surface area contributed by atoms with Crippen molar-refractivity contribution in [2.24, 2.45) is 0 Å². The van der Waals surface area contributed by atoms with Crippen LogP contribution in [0, 0.1) is 0 Å². The molecule has 0 aromatic carbocycles. The summed E-state index contributed by atoms with van der Waals surface area (Å²) >= 11 is 0. The SMILES string of the molecule is C[C@@H]1CCC[C@@H](C)N1C(=O)NC(=O)C(F)(F)F. The third-order valence-corrected chi connectivity index (χ3v) is 2.91. The van der Waals surface area contributed by atoms with Gasteiger partial charge in [-0.3, -0.25) is 10.1 Å². The number of piperidine rings is 1. The molecular weight excluding hydrogens is 237 g/mol. The zero-order chi connectivity index (χ0) is 13.2. The van der Waals surface area contributed by atoms with Crippen LogP contribution in [0.3, 0.4) is 0 Å². The first-order chi connectivity index (χ1) is 7.73. The highest BCUT2D eigenvalue weighted by atomic mass is 19.4. The number of nitrogens with one attached hydrogen (secondary N) is 1. The van der Waals surface area contributed by atoms with Crippen LogP contribution in [0.15, 0.2) is 0 Å². The number of carbonyl (C=O) groups excluding carboxylic acids is 2. The lowest BCUT2D eigenvalue weighted by molar-refractivity contribution is -0.172. The molecule has 0 radical (unpaired) electrons. The highest BCUT2D eigenvalue weighted by Gasteiger charge is 2.41. The quantitative estimate of drug-likeness (QED) is 0.717. The Bertz CT molecular complexity index is 307. The van der Waals surface area contributed by atoms with E-state index in [0.29, 0.717) is 0 Å². The monoisotopic (exact) mass is 252 g/mol. The number of carbonyl (C=O) groups is 2. The Balaban J connectivity index is 2.66. The lowest BCUT2D eigenvalue weighted by Gasteiger charge is -2.38. The van der Waals surface area contributed by atoms with Crippen LogP contribution in [-0.4, -0.2) is 35.1 Å². The van der Waals surface area contributed by atoms with Gasteiger partial charge in [-0.1, -0.05) is 0 Å². The van der Waals surface area contributed by atoms with E-state index in [4.69, 9.17) is 0 Å². The Labute approximate surface area is 97.1 Å². The zero-order valence-corrected chi connectivity index (χ0v) is 9.67. The van der Waals surface area contributed by atoms with Gasteiger partial charge in [-0.15, -0.1) is 0 Å². The second-order valence-corrected chi connectivity index (χ2v) is 4.29. The molecule has 2 atom stereocenters. The van der Waals surface area contributed by atoms with Crippen molar-refractivity contribution in [3.05, 3.63) is 0 Å². The minimum Gasteiger partial charge on any atom is -0.319 e. The van der Waals surface area contributed by atoms with Crippen LogP contribution in [0.2, 0.25) is 0 Å². The molecule has 0 unspecified atom stereocenters. The van der Waals surface area contributed by atoms with E-state index in [1.165, 1.54) is 10.2 Å². The van der Waals surface area contributed by atoms with Crippen molar-refractivity contribution in [3.8, 4) is 0 Å². The smallest absolute Gasteiger partial charge is 0.319 e. The molecule has 1 fully saturated rings. The van der Waals surface area contributed by atoms with Crippen molar-refractivity contribution >= 4 is 11.9 Å². The number of alkyl halides is 3. The Kier molecular flexibility index (Phi) is 4.00. The van der Waals surface area contributed by atoms with E-state index in [9.17, 15) is 22.8 Å². The number of hydrogen-bond donors (Lipinski definition) is 1. The van der Waals surface area contributed by atoms with Crippen LogP contribution in [0.1, 0.15) is 33.1 Å². The first-order valence-electron chi connectivity index (χ1n) is 5.44. The van der Waals surface area contributed by atoms with Crippen molar-refractivity contribution in [1.29, 1.82) is 0 Å². The van der Waals surface area contributed by atoms with Crippen LogP contribution in [-0.2, 0) is 4.79 Å². The Morgan fingerprint density at radius 3 is 2.06 bits per heavy atom. The standard InChI is InChI=1S/C10H15F3N2O2/c1-6-4-3-5-7(2)15(6)9(17)14-8(16)10(11,12)13/h6-7H,3-5H2,1-2H3,(H,14,16,17)/t6-,7-/m1/s1. The highest BCUT2D eigenvalue weighted by molar-refractivity contribution is 5.97. The molecule has 1 aliphatic rings. The number of rotatable bonds is 0. The van der Waals surface area contributed by atoms with Gasteiger partial charge < -0.3 is 4.90 Å². The maximum absolute atomic E-state index is 12.0. The van der Waals surface area contributed by atoms with Gasteiger partial charge in [0.2, 0.25) is 0 Å². The summed E-state index contributed by atoms with van der Waals surface area (Å²) in [6, 6.07) is -1.27. The van der Waals surface area contributed by atoms with Crippen LogP contribution in [0.25, 0.3) is 0 Å². The number of nitrogens with zero attached hydrogens (tertiary/aromatic N) is 1. The Morgan fingerprint density at radius 1 is 1.18 bits per heavy atom.